The predicted octanol–water partition coefficient (Wildman–Crippen LogP) is 7.32. The van der Waals surface area contributed by atoms with Crippen molar-refractivity contribution in [3.8, 4) is 0 Å². The fourth-order valence-corrected chi connectivity index (χ4v) is 3.46. The molecule has 0 spiro atoms. The van der Waals surface area contributed by atoms with Gasteiger partial charge in [-0.3, -0.25) is 0 Å². The molecule has 0 nitrogen and oxygen atoms in total. The standard InChI is InChI=1S/C21H23ClF4/c1-19(2,3)16-10-13(11-17(22)18(16)23)12-20(4,5)14-8-6-7-9-15(14)21(24,25)26/h6-11H,12H2,1-5H3. The van der Waals surface area contributed by atoms with Gasteiger partial charge < -0.3 is 0 Å². The van der Waals surface area contributed by atoms with Gasteiger partial charge in [-0.15, -0.1) is 0 Å². The molecule has 0 unspecified atom stereocenters. The minimum atomic E-state index is -4.43. The van der Waals surface area contributed by atoms with E-state index < -0.39 is 28.4 Å². The minimum Gasteiger partial charge on any atom is -0.205 e. The third-order valence-corrected chi connectivity index (χ3v) is 4.78. The van der Waals surface area contributed by atoms with Crippen LogP contribution >= 0.6 is 11.6 Å². The Morgan fingerprint density at radius 3 is 1.88 bits per heavy atom. The highest BCUT2D eigenvalue weighted by molar-refractivity contribution is 6.30. The molecule has 0 atom stereocenters. The van der Waals surface area contributed by atoms with Crippen molar-refractivity contribution in [1.82, 2.24) is 0 Å². The van der Waals surface area contributed by atoms with Crippen LogP contribution in [0.4, 0.5) is 17.6 Å². The molecule has 0 saturated carbocycles. The van der Waals surface area contributed by atoms with E-state index >= 15 is 0 Å². The van der Waals surface area contributed by atoms with Crippen LogP contribution < -0.4 is 0 Å². The molecule has 0 aliphatic rings. The summed E-state index contributed by atoms with van der Waals surface area (Å²) in [5.74, 6) is -0.476. The zero-order valence-corrected chi connectivity index (χ0v) is 16.3. The Kier molecular flexibility index (Phi) is 5.49. The molecule has 2 aromatic carbocycles. The summed E-state index contributed by atoms with van der Waals surface area (Å²) in [4.78, 5) is 0. The SMILES string of the molecule is CC(C)(C)c1cc(CC(C)(C)c2ccccc2C(F)(F)F)cc(Cl)c1F. The summed E-state index contributed by atoms with van der Waals surface area (Å²) >= 11 is 6.05. The molecule has 5 heteroatoms. The molecular formula is C21H23ClF4. The van der Waals surface area contributed by atoms with Gasteiger partial charge in [0, 0.05) is 0 Å². The van der Waals surface area contributed by atoms with E-state index in [0.717, 1.165) is 6.07 Å². The zero-order chi connectivity index (χ0) is 19.9. The topological polar surface area (TPSA) is 0 Å². The van der Waals surface area contributed by atoms with E-state index in [4.69, 9.17) is 11.6 Å². The highest BCUT2D eigenvalue weighted by Crippen LogP contribution is 2.40. The van der Waals surface area contributed by atoms with Gasteiger partial charge >= 0.3 is 6.18 Å². The Morgan fingerprint density at radius 2 is 1.38 bits per heavy atom. The van der Waals surface area contributed by atoms with Crippen molar-refractivity contribution in [3.05, 3.63) is 69.5 Å². The minimum absolute atomic E-state index is 0.00710. The second-order valence-electron chi connectivity index (χ2n) is 8.29. The van der Waals surface area contributed by atoms with E-state index in [9.17, 15) is 17.6 Å². The number of benzene rings is 2. The van der Waals surface area contributed by atoms with Gasteiger partial charge in [0.15, 0.2) is 0 Å². The molecule has 2 rings (SSSR count). The Hall–Kier alpha value is -1.55. The number of hydrogen-bond donors (Lipinski definition) is 0. The summed E-state index contributed by atoms with van der Waals surface area (Å²) in [5, 5.41) is -0.00710. The number of rotatable bonds is 3. The maximum atomic E-state index is 14.4. The summed E-state index contributed by atoms with van der Waals surface area (Å²) in [7, 11) is 0. The maximum Gasteiger partial charge on any atom is 0.416 e. The molecule has 0 bridgehead atoms. The van der Waals surface area contributed by atoms with Crippen LogP contribution in [0.1, 0.15) is 56.9 Å². The van der Waals surface area contributed by atoms with Crippen molar-refractivity contribution in [2.24, 2.45) is 0 Å². The van der Waals surface area contributed by atoms with Crippen molar-refractivity contribution < 1.29 is 17.6 Å². The quantitative estimate of drug-likeness (QED) is 0.485. The van der Waals surface area contributed by atoms with Crippen LogP contribution in [0.5, 0.6) is 0 Å². The van der Waals surface area contributed by atoms with Gasteiger partial charge in [0.25, 0.3) is 0 Å². The van der Waals surface area contributed by atoms with Crippen LogP contribution in [-0.2, 0) is 23.4 Å². The average molecular weight is 387 g/mol. The Morgan fingerprint density at radius 1 is 0.846 bits per heavy atom. The van der Waals surface area contributed by atoms with E-state index in [1.165, 1.54) is 18.2 Å². The van der Waals surface area contributed by atoms with E-state index in [2.05, 4.69) is 0 Å². The Bertz CT molecular complexity index is 799. The van der Waals surface area contributed by atoms with Crippen LogP contribution in [0, 0.1) is 5.82 Å². The van der Waals surface area contributed by atoms with E-state index in [1.807, 2.05) is 20.8 Å². The first kappa shape index (κ1) is 20.8. The van der Waals surface area contributed by atoms with Crippen molar-refractivity contribution in [2.75, 3.05) is 0 Å². The van der Waals surface area contributed by atoms with Crippen LogP contribution in [0.15, 0.2) is 36.4 Å². The summed E-state index contributed by atoms with van der Waals surface area (Å²) in [6.07, 6.45) is -4.12. The summed E-state index contributed by atoms with van der Waals surface area (Å²) in [6.45, 7) is 9.12. The normalized spacial score (nSPS) is 13.2. The van der Waals surface area contributed by atoms with E-state index in [0.29, 0.717) is 17.5 Å². The third kappa shape index (κ3) is 4.40. The van der Waals surface area contributed by atoms with Crippen molar-refractivity contribution >= 4 is 11.6 Å². The Balaban J connectivity index is 2.51. The molecule has 0 N–H and O–H groups in total. The van der Waals surface area contributed by atoms with Gasteiger partial charge in [0.05, 0.1) is 10.6 Å². The van der Waals surface area contributed by atoms with Gasteiger partial charge in [-0.25, -0.2) is 4.39 Å². The second kappa shape index (κ2) is 6.88. The summed E-state index contributed by atoms with van der Waals surface area (Å²) in [6, 6.07) is 8.79. The van der Waals surface area contributed by atoms with Crippen LogP contribution in [0.25, 0.3) is 0 Å². The highest BCUT2D eigenvalue weighted by atomic mass is 35.5. The molecule has 0 fully saturated rings. The Labute approximate surface area is 157 Å². The molecule has 0 heterocycles. The molecule has 0 saturated heterocycles. The summed E-state index contributed by atoms with van der Waals surface area (Å²) in [5.41, 5.74) is -0.525. The van der Waals surface area contributed by atoms with E-state index in [-0.39, 0.29) is 10.6 Å². The third-order valence-electron chi connectivity index (χ3n) is 4.50. The van der Waals surface area contributed by atoms with Crippen molar-refractivity contribution in [2.45, 2.75) is 58.0 Å². The molecule has 0 aliphatic heterocycles. The van der Waals surface area contributed by atoms with Crippen molar-refractivity contribution in [3.63, 3.8) is 0 Å². The van der Waals surface area contributed by atoms with Crippen LogP contribution in [-0.4, -0.2) is 0 Å². The number of alkyl halides is 3. The lowest BCUT2D eigenvalue weighted by Gasteiger charge is -2.30. The van der Waals surface area contributed by atoms with Gasteiger partial charge in [0.2, 0.25) is 0 Å². The lowest BCUT2D eigenvalue weighted by atomic mass is 9.76. The highest BCUT2D eigenvalue weighted by Gasteiger charge is 2.37. The average Bonchev–Trinajstić information content (AvgIpc) is 2.48. The van der Waals surface area contributed by atoms with Gasteiger partial charge in [-0.05, 0) is 46.1 Å². The monoisotopic (exact) mass is 386 g/mol. The molecule has 0 radical (unpaired) electrons. The zero-order valence-electron chi connectivity index (χ0n) is 15.6. The molecule has 0 aromatic heterocycles. The van der Waals surface area contributed by atoms with E-state index in [1.54, 1.807) is 26.0 Å². The maximum absolute atomic E-state index is 14.4. The molecule has 0 aliphatic carbocycles. The molecule has 0 amide bonds. The van der Waals surface area contributed by atoms with Crippen molar-refractivity contribution in [1.29, 1.82) is 0 Å². The number of halogens is 5. The molecule has 142 valence electrons. The summed E-state index contributed by atoms with van der Waals surface area (Å²) < 4.78 is 54.5. The number of hydrogen-bond acceptors (Lipinski definition) is 0. The van der Waals surface area contributed by atoms with Gasteiger partial charge in [0.1, 0.15) is 5.82 Å². The lowest BCUT2D eigenvalue weighted by molar-refractivity contribution is -0.138. The van der Waals surface area contributed by atoms with Crippen LogP contribution in [0.2, 0.25) is 5.02 Å². The fraction of sp³-hybridized carbons (Fsp3) is 0.429. The van der Waals surface area contributed by atoms with Gasteiger partial charge in [-0.1, -0.05) is 70.5 Å². The van der Waals surface area contributed by atoms with Gasteiger partial charge in [-0.2, -0.15) is 13.2 Å². The molecular weight excluding hydrogens is 364 g/mol. The largest absolute Gasteiger partial charge is 0.416 e. The lowest BCUT2D eigenvalue weighted by Crippen LogP contribution is -2.25. The molecule has 2 aromatic rings. The van der Waals surface area contributed by atoms with Crippen LogP contribution in [0.3, 0.4) is 0 Å². The smallest absolute Gasteiger partial charge is 0.205 e. The molecule has 26 heavy (non-hydrogen) atoms. The second-order valence-corrected chi connectivity index (χ2v) is 8.70. The first-order valence-electron chi connectivity index (χ1n) is 8.38. The fourth-order valence-electron chi connectivity index (χ4n) is 3.22. The predicted molar refractivity (Wildman–Crippen MR) is 98.3 cm³/mol. The first-order chi connectivity index (χ1) is 11.7. The first-order valence-corrected chi connectivity index (χ1v) is 8.76.